The molecule has 1 fully saturated rings. The lowest BCUT2D eigenvalue weighted by atomic mass is 10.0. The molecule has 0 bridgehead atoms. The molecule has 1 heterocycles. The molecule has 2 amide bonds. The van der Waals surface area contributed by atoms with E-state index in [1.807, 2.05) is 68.4 Å². The van der Waals surface area contributed by atoms with Crippen LogP contribution in [0.2, 0.25) is 0 Å². The van der Waals surface area contributed by atoms with Gasteiger partial charge in [0.25, 0.3) is 11.8 Å². The smallest absolute Gasteiger partial charge is 0.258 e. The Morgan fingerprint density at radius 1 is 0.941 bits per heavy atom. The number of rotatable bonds is 9. The fourth-order valence-electron chi connectivity index (χ4n) is 4.49. The minimum atomic E-state index is -0.215. The largest absolute Gasteiger partial charge is 0.483 e. The average molecular weight is 460 g/mol. The van der Waals surface area contributed by atoms with Crippen LogP contribution in [0.5, 0.6) is 5.75 Å². The van der Waals surface area contributed by atoms with Crippen LogP contribution in [-0.2, 0) is 4.79 Å². The number of carbonyl (C=O) groups excluding carboxylic acids is 2. The zero-order valence-electron chi connectivity index (χ0n) is 19.9. The molecule has 1 unspecified atom stereocenters. The highest BCUT2D eigenvalue weighted by Crippen LogP contribution is 2.28. The van der Waals surface area contributed by atoms with Gasteiger partial charge in [0.2, 0.25) is 0 Å². The normalized spacial score (nSPS) is 14.8. The average Bonchev–Trinajstić information content (AvgIpc) is 3.37. The Labute approximate surface area is 201 Å². The highest BCUT2D eigenvalue weighted by molar-refractivity contribution is 6.01. The molecule has 1 aliphatic heterocycles. The summed E-state index contributed by atoms with van der Waals surface area (Å²) in [4.78, 5) is 28.0. The van der Waals surface area contributed by atoms with E-state index >= 15 is 0 Å². The molecular formula is C28H33N3O3. The van der Waals surface area contributed by atoms with E-state index in [9.17, 15) is 9.59 Å². The highest BCUT2D eigenvalue weighted by atomic mass is 16.5. The first-order chi connectivity index (χ1) is 16.5. The molecule has 1 atom stereocenters. The molecule has 3 aromatic rings. The van der Waals surface area contributed by atoms with Crippen molar-refractivity contribution in [1.82, 2.24) is 15.5 Å². The summed E-state index contributed by atoms with van der Waals surface area (Å²) in [5.74, 6) is -0.00891. The molecular weight excluding hydrogens is 426 g/mol. The molecule has 178 valence electrons. The van der Waals surface area contributed by atoms with Crippen molar-refractivity contribution < 1.29 is 14.3 Å². The lowest BCUT2D eigenvalue weighted by molar-refractivity contribution is -0.123. The van der Waals surface area contributed by atoms with Gasteiger partial charge in [-0.15, -0.1) is 0 Å². The molecule has 0 aliphatic carbocycles. The van der Waals surface area contributed by atoms with E-state index in [0.717, 1.165) is 23.9 Å². The number of hydrogen-bond donors (Lipinski definition) is 2. The lowest BCUT2D eigenvalue weighted by Crippen LogP contribution is -2.37. The van der Waals surface area contributed by atoms with E-state index in [0.29, 0.717) is 17.9 Å². The summed E-state index contributed by atoms with van der Waals surface area (Å²) in [6.45, 7) is 6.22. The van der Waals surface area contributed by atoms with E-state index in [1.165, 1.54) is 18.4 Å². The van der Waals surface area contributed by atoms with Crippen molar-refractivity contribution in [3.8, 4) is 5.75 Å². The predicted octanol–water partition coefficient (Wildman–Crippen LogP) is 4.31. The molecule has 3 aromatic carbocycles. The van der Waals surface area contributed by atoms with Gasteiger partial charge < -0.3 is 15.4 Å². The van der Waals surface area contributed by atoms with E-state index in [1.54, 1.807) is 0 Å². The third kappa shape index (κ3) is 5.94. The first-order valence-electron chi connectivity index (χ1n) is 12.0. The summed E-state index contributed by atoms with van der Waals surface area (Å²) in [6.07, 6.45) is 2.36. The van der Waals surface area contributed by atoms with Gasteiger partial charge in [-0.3, -0.25) is 14.5 Å². The van der Waals surface area contributed by atoms with Crippen LogP contribution in [0.1, 0.15) is 48.7 Å². The molecule has 34 heavy (non-hydrogen) atoms. The van der Waals surface area contributed by atoms with Crippen LogP contribution >= 0.6 is 0 Å². The zero-order chi connectivity index (χ0) is 23.9. The Hall–Kier alpha value is -3.38. The number of carbonyl (C=O) groups is 2. The van der Waals surface area contributed by atoms with Crippen LogP contribution in [0, 0.1) is 0 Å². The molecule has 0 spiro atoms. The van der Waals surface area contributed by atoms with Gasteiger partial charge in [0.05, 0.1) is 11.6 Å². The third-order valence-corrected chi connectivity index (χ3v) is 6.12. The summed E-state index contributed by atoms with van der Waals surface area (Å²) >= 11 is 0. The van der Waals surface area contributed by atoms with Gasteiger partial charge in [0, 0.05) is 12.6 Å². The maximum atomic E-state index is 13.4. The number of nitrogens with one attached hydrogen (secondary N) is 2. The quantitative estimate of drug-likeness (QED) is 0.500. The van der Waals surface area contributed by atoms with E-state index < -0.39 is 0 Å². The molecule has 0 radical (unpaired) electrons. The van der Waals surface area contributed by atoms with E-state index in [2.05, 4.69) is 27.7 Å². The Kier molecular flexibility index (Phi) is 7.80. The Bertz CT molecular complexity index is 1120. The summed E-state index contributed by atoms with van der Waals surface area (Å²) < 4.78 is 5.84. The number of benzene rings is 3. The number of nitrogens with zero attached hydrogens (tertiary/aromatic N) is 1. The van der Waals surface area contributed by atoms with Gasteiger partial charge in [-0.1, -0.05) is 54.6 Å². The molecule has 1 saturated heterocycles. The van der Waals surface area contributed by atoms with Crippen molar-refractivity contribution in [2.75, 3.05) is 26.2 Å². The highest BCUT2D eigenvalue weighted by Gasteiger charge is 2.25. The second-order valence-electron chi connectivity index (χ2n) is 9.09. The minimum absolute atomic E-state index is 0.0241. The Balaban J connectivity index is 1.54. The van der Waals surface area contributed by atoms with Gasteiger partial charge in [0.1, 0.15) is 5.75 Å². The topological polar surface area (TPSA) is 70.7 Å². The fourth-order valence-corrected chi connectivity index (χ4v) is 4.49. The van der Waals surface area contributed by atoms with Crippen LogP contribution in [0.25, 0.3) is 10.8 Å². The monoisotopic (exact) mass is 459 g/mol. The molecule has 6 nitrogen and oxygen atoms in total. The second-order valence-corrected chi connectivity index (χ2v) is 9.09. The molecule has 2 N–H and O–H groups in total. The van der Waals surface area contributed by atoms with Crippen molar-refractivity contribution in [1.29, 1.82) is 0 Å². The lowest BCUT2D eigenvalue weighted by Gasteiger charge is -2.28. The molecule has 0 saturated carbocycles. The van der Waals surface area contributed by atoms with Gasteiger partial charge in [-0.05, 0) is 68.2 Å². The van der Waals surface area contributed by atoms with Crippen LogP contribution in [-0.4, -0.2) is 49.0 Å². The number of amides is 2. The number of likely N-dealkylation sites (tertiary alicyclic amines) is 1. The summed E-state index contributed by atoms with van der Waals surface area (Å²) in [6, 6.07) is 22.0. The first-order valence-corrected chi connectivity index (χ1v) is 12.0. The standard InChI is InChI=1S/C28H33N3O3/c1-20(2)30-27(32)19-34-26-17-23-13-7-6-12-22(23)16-24(26)28(33)29-18-25(31-14-8-9-15-31)21-10-4-3-5-11-21/h3-7,10-13,16-17,20,25H,8-9,14-15,18-19H2,1-2H3,(H,29,33)(H,30,32). The van der Waals surface area contributed by atoms with Gasteiger partial charge >= 0.3 is 0 Å². The van der Waals surface area contributed by atoms with Crippen molar-refractivity contribution in [2.24, 2.45) is 0 Å². The molecule has 6 heteroatoms. The minimum Gasteiger partial charge on any atom is -0.483 e. The van der Waals surface area contributed by atoms with Gasteiger partial charge in [-0.2, -0.15) is 0 Å². The summed E-state index contributed by atoms with van der Waals surface area (Å²) in [5, 5.41) is 7.86. The van der Waals surface area contributed by atoms with Crippen molar-refractivity contribution in [2.45, 2.75) is 38.8 Å². The van der Waals surface area contributed by atoms with Crippen LogP contribution < -0.4 is 15.4 Å². The van der Waals surface area contributed by atoms with Crippen molar-refractivity contribution in [3.63, 3.8) is 0 Å². The Morgan fingerprint density at radius 3 is 2.26 bits per heavy atom. The molecule has 0 aromatic heterocycles. The predicted molar refractivity (Wildman–Crippen MR) is 135 cm³/mol. The third-order valence-electron chi connectivity index (χ3n) is 6.12. The molecule has 1 aliphatic rings. The number of fused-ring (bicyclic) bond motifs is 1. The Morgan fingerprint density at radius 2 is 1.59 bits per heavy atom. The zero-order valence-corrected chi connectivity index (χ0v) is 19.9. The van der Waals surface area contributed by atoms with E-state index in [4.69, 9.17) is 4.74 Å². The van der Waals surface area contributed by atoms with Gasteiger partial charge in [-0.25, -0.2) is 0 Å². The van der Waals surface area contributed by atoms with Crippen molar-refractivity contribution >= 4 is 22.6 Å². The first kappa shape index (κ1) is 23.8. The molecule has 4 rings (SSSR count). The van der Waals surface area contributed by atoms with Crippen LogP contribution in [0.15, 0.2) is 66.7 Å². The summed E-state index contributed by atoms with van der Waals surface area (Å²) in [5.41, 5.74) is 1.63. The fraction of sp³-hybridized carbons (Fsp3) is 0.357. The maximum absolute atomic E-state index is 13.4. The SMILES string of the molecule is CC(C)NC(=O)COc1cc2ccccc2cc1C(=O)NCC(c1ccccc1)N1CCCC1. The van der Waals surface area contributed by atoms with Crippen LogP contribution in [0.3, 0.4) is 0 Å². The summed E-state index contributed by atoms with van der Waals surface area (Å²) in [7, 11) is 0. The van der Waals surface area contributed by atoms with E-state index in [-0.39, 0.29) is 30.5 Å². The van der Waals surface area contributed by atoms with Crippen LogP contribution in [0.4, 0.5) is 0 Å². The van der Waals surface area contributed by atoms with Crippen molar-refractivity contribution in [3.05, 3.63) is 77.9 Å². The second kappa shape index (κ2) is 11.2. The van der Waals surface area contributed by atoms with Gasteiger partial charge in [0.15, 0.2) is 6.61 Å². The number of ether oxygens (including phenoxy) is 1. The maximum Gasteiger partial charge on any atom is 0.258 e. The number of hydrogen-bond acceptors (Lipinski definition) is 4.